The SMILES string of the molecule is CC(C(=O)O)[C@@](C)(C(=O)O)N(Cc1ccccc1)c1cccc2c1C(c1ccccc1)c1ccccc1-2. The average Bonchev–Trinajstić information content (AvgIpc) is 3.26. The topological polar surface area (TPSA) is 77.8 Å². The van der Waals surface area contributed by atoms with Crippen molar-refractivity contribution >= 4 is 17.6 Å². The molecule has 5 nitrogen and oxygen atoms in total. The summed E-state index contributed by atoms with van der Waals surface area (Å²) in [7, 11) is 0. The van der Waals surface area contributed by atoms with E-state index in [0.717, 1.165) is 39.1 Å². The molecule has 2 N–H and O–H groups in total. The first kappa shape index (κ1) is 24.3. The number of carboxylic acid groups (broad SMARTS) is 2. The predicted molar refractivity (Wildman–Crippen MR) is 145 cm³/mol. The highest BCUT2D eigenvalue weighted by Gasteiger charge is 2.49. The van der Waals surface area contributed by atoms with Gasteiger partial charge in [0.2, 0.25) is 0 Å². The average molecular weight is 492 g/mol. The van der Waals surface area contributed by atoms with Gasteiger partial charge >= 0.3 is 11.9 Å². The van der Waals surface area contributed by atoms with Gasteiger partial charge in [-0.25, -0.2) is 4.79 Å². The van der Waals surface area contributed by atoms with Crippen LogP contribution in [0.1, 0.15) is 42.0 Å². The summed E-state index contributed by atoms with van der Waals surface area (Å²) in [5, 5.41) is 20.6. The molecular formula is C32H29NO4. The number of benzene rings is 4. The zero-order valence-electron chi connectivity index (χ0n) is 20.8. The van der Waals surface area contributed by atoms with Gasteiger partial charge in [0.15, 0.2) is 0 Å². The van der Waals surface area contributed by atoms with Crippen molar-refractivity contribution in [2.45, 2.75) is 31.8 Å². The largest absolute Gasteiger partial charge is 0.481 e. The van der Waals surface area contributed by atoms with E-state index in [-0.39, 0.29) is 12.5 Å². The van der Waals surface area contributed by atoms with E-state index in [9.17, 15) is 19.8 Å². The van der Waals surface area contributed by atoms with Gasteiger partial charge in [0.1, 0.15) is 5.54 Å². The normalized spacial score (nSPS) is 16.2. The van der Waals surface area contributed by atoms with E-state index in [0.29, 0.717) is 0 Å². The molecule has 5 heteroatoms. The maximum Gasteiger partial charge on any atom is 0.330 e. The summed E-state index contributed by atoms with van der Waals surface area (Å²) < 4.78 is 0. The van der Waals surface area contributed by atoms with E-state index in [1.54, 1.807) is 4.90 Å². The molecule has 5 rings (SSSR count). The lowest BCUT2D eigenvalue weighted by Gasteiger charge is -2.43. The molecule has 2 unspecified atom stereocenters. The van der Waals surface area contributed by atoms with Crippen LogP contribution in [0.25, 0.3) is 11.1 Å². The zero-order chi connectivity index (χ0) is 26.2. The van der Waals surface area contributed by atoms with Crippen molar-refractivity contribution in [1.82, 2.24) is 0 Å². The molecule has 0 aromatic heterocycles. The van der Waals surface area contributed by atoms with Crippen LogP contribution in [-0.2, 0) is 16.1 Å². The number of nitrogens with zero attached hydrogens (tertiary/aromatic N) is 1. The van der Waals surface area contributed by atoms with Gasteiger partial charge in [-0.3, -0.25) is 4.79 Å². The number of aliphatic carboxylic acids is 2. The highest BCUT2D eigenvalue weighted by Crippen LogP contribution is 2.52. The minimum absolute atomic E-state index is 0.111. The second-order valence-electron chi connectivity index (χ2n) is 9.75. The Hall–Kier alpha value is -4.38. The monoisotopic (exact) mass is 491 g/mol. The lowest BCUT2D eigenvalue weighted by molar-refractivity contribution is -0.154. The minimum atomic E-state index is -1.72. The fourth-order valence-electron chi connectivity index (χ4n) is 5.51. The maximum atomic E-state index is 12.9. The molecule has 37 heavy (non-hydrogen) atoms. The quantitative estimate of drug-likeness (QED) is 0.262. The first-order chi connectivity index (χ1) is 17.8. The summed E-state index contributed by atoms with van der Waals surface area (Å²) in [5.74, 6) is -3.62. The van der Waals surface area contributed by atoms with Gasteiger partial charge in [0, 0.05) is 18.2 Å². The van der Waals surface area contributed by atoms with E-state index >= 15 is 0 Å². The second kappa shape index (κ2) is 9.58. The summed E-state index contributed by atoms with van der Waals surface area (Å²) in [6, 6.07) is 34.0. The molecule has 0 spiro atoms. The fourth-order valence-corrected chi connectivity index (χ4v) is 5.51. The molecule has 0 fully saturated rings. The van der Waals surface area contributed by atoms with Crippen molar-refractivity contribution < 1.29 is 19.8 Å². The summed E-state index contributed by atoms with van der Waals surface area (Å²) in [6.45, 7) is 3.24. The first-order valence-electron chi connectivity index (χ1n) is 12.4. The number of hydrogen-bond donors (Lipinski definition) is 2. The van der Waals surface area contributed by atoms with Crippen LogP contribution in [0.15, 0.2) is 103 Å². The Labute approximate surface area is 216 Å². The molecule has 0 heterocycles. The van der Waals surface area contributed by atoms with Crippen LogP contribution in [0.2, 0.25) is 0 Å². The van der Waals surface area contributed by atoms with Crippen LogP contribution in [0.4, 0.5) is 5.69 Å². The smallest absolute Gasteiger partial charge is 0.330 e. The summed E-state index contributed by atoms with van der Waals surface area (Å²) in [5.41, 5.74) is 5.31. The van der Waals surface area contributed by atoms with Gasteiger partial charge in [0.05, 0.1) is 5.92 Å². The zero-order valence-corrected chi connectivity index (χ0v) is 20.8. The fraction of sp³-hybridized carbons (Fsp3) is 0.188. The van der Waals surface area contributed by atoms with Gasteiger partial charge in [-0.15, -0.1) is 0 Å². The molecule has 1 aliphatic rings. The molecule has 0 saturated carbocycles. The first-order valence-corrected chi connectivity index (χ1v) is 12.4. The van der Waals surface area contributed by atoms with E-state index in [1.807, 2.05) is 72.8 Å². The Bertz CT molecular complexity index is 1450. The van der Waals surface area contributed by atoms with Crippen LogP contribution >= 0.6 is 0 Å². The third-order valence-electron chi connectivity index (χ3n) is 7.75. The summed E-state index contributed by atoms with van der Waals surface area (Å²) in [4.78, 5) is 27.0. The van der Waals surface area contributed by atoms with Crippen molar-refractivity contribution in [2.24, 2.45) is 5.92 Å². The third-order valence-corrected chi connectivity index (χ3v) is 7.75. The number of fused-ring (bicyclic) bond motifs is 3. The molecule has 0 aliphatic heterocycles. The number of anilines is 1. The molecule has 3 atom stereocenters. The molecule has 186 valence electrons. The Kier molecular flexibility index (Phi) is 6.30. The molecule has 4 aromatic rings. The Balaban J connectivity index is 1.79. The third kappa shape index (κ3) is 4.06. The van der Waals surface area contributed by atoms with E-state index < -0.39 is 23.4 Å². The van der Waals surface area contributed by atoms with Gasteiger partial charge in [-0.1, -0.05) is 97.1 Å². The maximum absolute atomic E-state index is 12.9. The molecule has 0 saturated heterocycles. The predicted octanol–water partition coefficient (Wildman–Crippen LogP) is 6.42. The van der Waals surface area contributed by atoms with Crippen molar-refractivity contribution in [3.05, 3.63) is 125 Å². The molecule has 4 aromatic carbocycles. The highest BCUT2D eigenvalue weighted by molar-refractivity contribution is 5.93. The van der Waals surface area contributed by atoms with Crippen LogP contribution in [0, 0.1) is 5.92 Å². The Morgan fingerprint density at radius 3 is 2.05 bits per heavy atom. The van der Waals surface area contributed by atoms with Gasteiger partial charge in [-0.05, 0) is 53.3 Å². The lowest BCUT2D eigenvalue weighted by Crippen LogP contribution is -2.59. The van der Waals surface area contributed by atoms with Crippen molar-refractivity contribution in [3.63, 3.8) is 0 Å². The van der Waals surface area contributed by atoms with Gasteiger partial charge < -0.3 is 15.1 Å². The number of carboxylic acids is 2. The lowest BCUT2D eigenvalue weighted by atomic mass is 9.82. The second-order valence-corrected chi connectivity index (χ2v) is 9.75. The Morgan fingerprint density at radius 1 is 0.811 bits per heavy atom. The highest BCUT2D eigenvalue weighted by atomic mass is 16.4. The van der Waals surface area contributed by atoms with Gasteiger partial charge in [0.25, 0.3) is 0 Å². The van der Waals surface area contributed by atoms with Crippen LogP contribution < -0.4 is 4.90 Å². The summed E-state index contributed by atoms with van der Waals surface area (Å²) in [6.07, 6.45) is 0. The van der Waals surface area contributed by atoms with Crippen molar-refractivity contribution in [2.75, 3.05) is 4.90 Å². The van der Waals surface area contributed by atoms with Crippen LogP contribution in [0.5, 0.6) is 0 Å². The number of hydrogen-bond acceptors (Lipinski definition) is 3. The van der Waals surface area contributed by atoms with E-state index in [2.05, 4.69) is 30.3 Å². The standard InChI is InChI=1S/C32H29NO4/c1-21(30(34)35)32(2,31(36)37)33(20-22-12-5-3-6-13-22)27-19-11-18-26-24-16-9-10-17-25(24)28(29(26)27)23-14-7-4-8-15-23/h3-19,21,28H,20H2,1-2H3,(H,34,35)(H,36,37)/t21?,28?,32-/m0/s1. The molecular weight excluding hydrogens is 462 g/mol. The number of carbonyl (C=O) groups is 2. The minimum Gasteiger partial charge on any atom is -0.481 e. The molecule has 0 bridgehead atoms. The molecule has 1 aliphatic carbocycles. The van der Waals surface area contributed by atoms with E-state index in [1.165, 1.54) is 13.8 Å². The van der Waals surface area contributed by atoms with E-state index in [4.69, 9.17) is 0 Å². The Morgan fingerprint density at radius 2 is 1.41 bits per heavy atom. The molecule has 0 amide bonds. The number of rotatable bonds is 8. The molecule has 0 radical (unpaired) electrons. The summed E-state index contributed by atoms with van der Waals surface area (Å²) >= 11 is 0. The van der Waals surface area contributed by atoms with Crippen LogP contribution in [-0.4, -0.2) is 27.7 Å². The van der Waals surface area contributed by atoms with Crippen molar-refractivity contribution in [1.29, 1.82) is 0 Å². The van der Waals surface area contributed by atoms with Crippen molar-refractivity contribution in [3.8, 4) is 11.1 Å². The van der Waals surface area contributed by atoms with Crippen LogP contribution in [0.3, 0.4) is 0 Å². The van der Waals surface area contributed by atoms with Gasteiger partial charge in [-0.2, -0.15) is 0 Å².